The van der Waals surface area contributed by atoms with Gasteiger partial charge in [0.05, 0.1) is 0 Å². The minimum atomic E-state index is -0.543. The van der Waals surface area contributed by atoms with Gasteiger partial charge in [0.1, 0.15) is 12.1 Å². The summed E-state index contributed by atoms with van der Waals surface area (Å²) in [5, 5.41) is 1.14. The van der Waals surface area contributed by atoms with Gasteiger partial charge < -0.3 is 4.74 Å². The number of cyclic esters (lactones) is 1. The average molecular weight is 192 g/mol. The van der Waals surface area contributed by atoms with Crippen LogP contribution in [0, 0.1) is 0 Å². The second kappa shape index (κ2) is 2.99. The van der Waals surface area contributed by atoms with Gasteiger partial charge in [-0.15, -0.1) is 0 Å². The van der Waals surface area contributed by atoms with Crippen LogP contribution in [0.3, 0.4) is 0 Å². The van der Waals surface area contributed by atoms with E-state index in [4.69, 9.17) is 10.6 Å². The van der Waals surface area contributed by atoms with E-state index in [0.29, 0.717) is 6.61 Å². The highest BCUT2D eigenvalue weighted by Crippen LogP contribution is 2.31. The molecule has 1 heterocycles. The van der Waals surface area contributed by atoms with Crippen LogP contribution in [0.2, 0.25) is 0 Å². The van der Waals surface area contributed by atoms with Gasteiger partial charge >= 0.3 is 6.09 Å². The third-order valence-corrected chi connectivity index (χ3v) is 2.60. The Labute approximate surface area is 82.2 Å². The fourth-order valence-electron chi connectivity index (χ4n) is 1.56. The zero-order valence-corrected chi connectivity index (χ0v) is 7.93. The molecular formula is C10H12N2O2. The Morgan fingerprint density at radius 3 is 2.57 bits per heavy atom. The van der Waals surface area contributed by atoms with E-state index in [2.05, 4.69) is 0 Å². The first-order chi connectivity index (χ1) is 6.64. The molecule has 1 amide bonds. The SMILES string of the molecule is C[C@@]1(c2ccccc2)COC(=O)N1N. The lowest BCUT2D eigenvalue weighted by atomic mass is 9.93. The summed E-state index contributed by atoms with van der Waals surface area (Å²) in [7, 11) is 0. The smallest absolute Gasteiger partial charge is 0.425 e. The van der Waals surface area contributed by atoms with Crippen molar-refractivity contribution in [3.05, 3.63) is 35.9 Å². The van der Waals surface area contributed by atoms with E-state index in [1.807, 2.05) is 37.3 Å². The normalized spacial score (nSPS) is 26.4. The van der Waals surface area contributed by atoms with Crippen molar-refractivity contribution in [1.82, 2.24) is 5.01 Å². The molecule has 1 aliphatic heterocycles. The summed E-state index contributed by atoms with van der Waals surface area (Å²) in [5.74, 6) is 5.65. The molecule has 1 saturated heterocycles. The highest BCUT2D eigenvalue weighted by Gasteiger charge is 2.43. The Hall–Kier alpha value is -1.55. The van der Waals surface area contributed by atoms with Gasteiger partial charge in [0, 0.05) is 0 Å². The molecule has 4 heteroatoms. The van der Waals surface area contributed by atoms with Crippen LogP contribution in [0.5, 0.6) is 0 Å². The highest BCUT2D eigenvalue weighted by atomic mass is 16.6. The number of hydrogen-bond acceptors (Lipinski definition) is 3. The number of hydrogen-bond donors (Lipinski definition) is 1. The van der Waals surface area contributed by atoms with Crippen molar-refractivity contribution in [3.8, 4) is 0 Å². The number of ether oxygens (including phenoxy) is 1. The summed E-state index contributed by atoms with van der Waals surface area (Å²) < 4.78 is 4.90. The minimum Gasteiger partial charge on any atom is -0.446 e. The van der Waals surface area contributed by atoms with Gasteiger partial charge in [0.25, 0.3) is 0 Å². The van der Waals surface area contributed by atoms with Crippen LogP contribution in [0.15, 0.2) is 30.3 Å². The second-order valence-corrected chi connectivity index (χ2v) is 3.56. The lowest BCUT2D eigenvalue weighted by Gasteiger charge is -2.28. The Balaban J connectivity index is 2.39. The van der Waals surface area contributed by atoms with E-state index < -0.39 is 11.6 Å². The van der Waals surface area contributed by atoms with Gasteiger partial charge in [-0.2, -0.15) is 0 Å². The number of nitrogens with two attached hydrogens (primary N) is 1. The van der Waals surface area contributed by atoms with Crippen molar-refractivity contribution in [3.63, 3.8) is 0 Å². The largest absolute Gasteiger partial charge is 0.446 e. The zero-order chi connectivity index (χ0) is 10.2. The fourth-order valence-corrected chi connectivity index (χ4v) is 1.56. The van der Waals surface area contributed by atoms with Crippen LogP contribution < -0.4 is 5.84 Å². The number of nitrogens with zero attached hydrogens (tertiary/aromatic N) is 1. The molecule has 0 saturated carbocycles. The molecule has 1 aliphatic rings. The topological polar surface area (TPSA) is 55.6 Å². The summed E-state index contributed by atoms with van der Waals surface area (Å²) in [4.78, 5) is 11.1. The number of hydrazine groups is 1. The maximum absolute atomic E-state index is 11.1. The molecule has 0 unspecified atom stereocenters. The maximum Gasteiger partial charge on any atom is 0.425 e. The molecule has 1 aromatic rings. The predicted octanol–water partition coefficient (Wildman–Crippen LogP) is 1.23. The maximum atomic E-state index is 11.1. The van der Waals surface area contributed by atoms with E-state index in [1.54, 1.807) is 0 Å². The molecule has 14 heavy (non-hydrogen) atoms. The third kappa shape index (κ3) is 1.15. The summed E-state index contributed by atoms with van der Waals surface area (Å²) in [6.45, 7) is 2.18. The Kier molecular flexibility index (Phi) is 1.93. The first-order valence-electron chi connectivity index (χ1n) is 4.42. The van der Waals surface area contributed by atoms with Crippen molar-refractivity contribution in [2.24, 2.45) is 5.84 Å². The van der Waals surface area contributed by atoms with Crippen LogP contribution in [-0.4, -0.2) is 17.7 Å². The van der Waals surface area contributed by atoms with Gasteiger partial charge in [0.2, 0.25) is 0 Å². The summed E-state index contributed by atoms with van der Waals surface area (Å²) >= 11 is 0. The van der Waals surface area contributed by atoms with Gasteiger partial charge in [-0.1, -0.05) is 30.3 Å². The van der Waals surface area contributed by atoms with Crippen LogP contribution in [0.1, 0.15) is 12.5 Å². The van der Waals surface area contributed by atoms with Gasteiger partial charge in [-0.25, -0.2) is 15.6 Å². The van der Waals surface area contributed by atoms with Crippen LogP contribution in [0.4, 0.5) is 4.79 Å². The molecule has 0 spiro atoms. The summed E-state index contributed by atoms with van der Waals surface area (Å²) in [6, 6.07) is 9.61. The van der Waals surface area contributed by atoms with Gasteiger partial charge in [0.15, 0.2) is 0 Å². The number of carbonyl (C=O) groups excluding carboxylic acids is 1. The van der Waals surface area contributed by atoms with Crippen molar-refractivity contribution >= 4 is 6.09 Å². The van der Waals surface area contributed by atoms with Crippen molar-refractivity contribution < 1.29 is 9.53 Å². The van der Waals surface area contributed by atoms with E-state index in [0.717, 1.165) is 10.6 Å². The van der Waals surface area contributed by atoms with Crippen LogP contribution in [0.25, 0.3) is 0 Å². The first kappa shape index (κ1) is 9.02. The number of carbonyl (C=O) groups is 1. The predicted molar refractivity (Wildman–Crippen MR) is 51.2 cm³/mol. The van der Waals surface area contributed by atoms with Crippen LogP contribution in [-0.2, 0) is 10.3 Å². The van der Waals surface area contributed by atoms with E-state index in [-0.39, 0.29) is 0 Å². The zero-order valence-electron chi connectivity index (χ0n) is 7.93. The van der Waals surface area contributed by atoms with E-state index in [1.165, 1.54) is 0 Å². The molecule has 0 bridgehead atoms. The third-order valence-electron chi connectivity index (χ3n) is 2.60. The molecule has 2 N–H and O–H groups in total. The average Bonchev–Trinajstić information content (AvgIpc) is 2.49. The van der Waals surface area contributed by atoms with Crippen LogP contribution >= 0.6 is 0 Å². The van der Waals surface area contributed by atoms with E-state index in [9.17, 15) is 4.79 Å². The first-order valence-corrected chi connectivity index (χ1v) is 4.42. The monoisotopic (exact) mass is 192 g/mol. The summed E-state index contributed by atoms with van der Waals surface area (Å²) in [6.07, 6.45) is -0.476. The summed E-state index contributed by atoms with van der Waals surface area (Å²) in [5.41, 5.74) is 0.437. The number of amides is 1. The molecule has 0 radical (unpaired) electrons. The fraction of sp³-hybridized carbons (Fsp3) is 0.300. The van der Waals surface area contributed by atoms with Gasteiger partial charge in [-0.05, 0) is 12.5 Å². The molecule has 2 rings (SSSR count). The minimum absolute atomic E-state index is 0.298. The molecule has 1 atom stereocenters. The van der Waals surface area contributed by atoms with E-state index >= 15 is 0 Å². The van der Waals surface area contributed by atoms with Gasteiger partial charge in [-0.3, -0.25) is 0 Å². The quantitative estimate of drug-likeness (QED) is 0.537. The Bertz CT molecular complexity index is 352. The molecule has 0 aliphatic carbocycles. The molecular weight excluding hydrogens is 180 g/mol. The van der Waals surface area contributed by atoms with Crippen molar-refractivity contribution in [2.45, 2.75) is 12.5 Å². The second-order valence-electron chi connectivity index (χ2n) is 3.56. The van der Waals surface area contributed by atoms with Crippen molar-refractivity contribution in [1.29, 1.82) is 0 Å². The molecule has 1 aromatic carbocycles. The Morgan fingerprint density at radius 1 is 1.43 bits per heavy atom. The van der Waals surface area contributed by atoms with Crippen molar-refractivity contribution in [2.75, 3.05) is 6.61 Å². The lowest BCUT2D eigenvalue weighted by molar-refractivity contribution is 0.154. The standard InChI is InChI=1S/C10H12N2O2/c1-10(7-14-9(13)12(10)11)8-5-3-2-4-6-8/h2-6H,7,11H2,1H3/t10-/m0/s1. The Morgan fingerprint density at radius 2 is 2.07 bits per heavy atom. The highest BCUT2D eigenvalue weighted by molar-refractivity contribution is 5.70. The number of benzene rings is 1. The molecule has 74 valence electrons. The molecule has 0 aromatic heterocycles. The molecule has 1 fully saturated rings. The number of rotatable bonds is 1. The lowest BCUT2D eigenvalue weighted by Crippen LogP contribution is -2.46. The molecule has 4 nitrogen and oxygen atoms in total.